The fourth-order valence-electron chi connectivity index (χ4n) is 3.34. The molecule has 4 nitrogen and oxygen atoms in total. The lowest BCUT2D eigenvalue weighted by atomic mass is 10.0. The van der Waals surface area contributed by atoms with Crippen molar-refractivity contribution in [1.82, 2.24) is 15.2 Å². The van der Waals surface area contributed by atoms with Gasteiger partial charge in [-0.2, -0.15) is 0 Å². The van der Waals surface area contributed by atoms with Crippen LogP contribution < -0.4 is 5.32 Å². The predicted octanol–water partition coefficient (Wildman–Crippen LogP) is 2.91. The Balaban J connectivity index is 1.49. The molecule has 2 heterocycles. The standard InChI is InChI=1S/C15H22BrN3O/c16-11-9-14(17-10-11)15(20)19-7-5-13(6-8-19)18-12-3-1-2-4-12/h9-10,12-13,17-18H,1-8H2. The molecule has 3 rings (SSSR count). The molecule has 5 heteroatoms. The van der Waals surface area contributed by atoms with E-state index in [9.17, 15) is 4.79 Å². The van der Waals surface area contributed by atoms with Crippen molar-refractivity contribution in [1.29, 1.82) is 0 Å². The lowest BCUT2D eigenvalue weighted by Crippen LogP contribution is -2.47. The maximum Gasteiger partial charge on any atom is 0.270 e. The van der Waals surface area contributed by atoms with Crippen molar-refractivity contribution in [3.63, 3.8) is 0 Å². The van der Waals surface area contributed by atoms with Crippen molar-refractivity contribution in [2.45, 2.75) is 50.6 Å². The monoisotopic (exact) mass is 339 g/mol. The molecule has 0 spiro atoms. The zero-order chi connectivity index (χ0) is 13.9. The Morgan fingerprint density at radius 2 is 1.85 bits per heavy atom. The molecule has 20 heavy (non-hydrogen) atoms. The molecule has 2 fully saturated rings. The number of piperidine rings is 1. The number of aromatic amines is 1. The zero-order valence-electron chi connectivity index (χ0n) is 11.7. The van der Waals surface area contributed by atoms with Crippen LogP contribution in [-0.4, -0.2) is 41.0 Å². The van der Waals surface area contributed by atoms with Gasteiger partial charge in [0.25, 0.3) is 5.91 Å². The van der Waals surface area contributed by atoms with E-state index < -0.39 is 0 Å². The van der Waals surface area contributed by atoms with Crippen LogP contribution in [0.3, 0.4) is 0 Å². The van der Waals surface area contributed by atoms with Gasteiger partial charge in [-0.15, -0.1) is 0 Å². The number of amides is 1. The average molecular weight is 340 g/mol. The summed E-state index contributed by atoms with van der Waals surface area (Å²) in [6.45, 7) is 1.72. The van der Waals surface area contributed by atoms with Crippen molar-refractivity contribution in [2.75, 3.05) is 13.1 Å². The van der Waals surface area contributed by atoms with Gasteiger partial charge in [-0.25, -0.2) is 0 Å². The number of H-pyrrole nitrogens is 1. The van der Waals surface area contributed by atoms with Crippen molar-refractivity contribution >= 4 is 21.8 Å². The molecular weight excluding hydrogens is 318 g/mol. The van der Waals surface area contributed by atoms with Crippen LogP contribution in [0.15, 0.2) is 16.7 Å². The Morgan fingerprint density at radius 3 is 2.45 bits per heavy atom. The molecule has 1 aromatic rings. The molecule has 1 saturated carbocycles. The third-order valence-corrected chi connectivity index (χ3v) is 4.94. The minimum absolute atomic E-state index is 0.120. The van der Waals surface area contributed by atoms with E-state index in [2.05, 4.69) is 26.2 Å². The summed E-state index contributed by atoms with van der Waals surface area (Å²) >= 11 is 3.37. The molecule has 110 valence electrons. The summed E-state index contributed by atoms with van der Waals surface area (Å²) in [5, 5.41) is 3.77. The highest BCUT2D eigenvalue weighted by molar-refractivity contribution is 9.10. The Labute approximate surface area is 128 Å². The van der Waals surface area contributed by atoms with Gasteiger partial charge >= 0.3 is 0 Å². The van der Waals surface area contributed by atoms with E-state index in [1.807, 2.05) is 17.2 Å². The number of nitrogens with zero attached hydrogens (tertiary/aromatic N) is 1. The van der Waals surface area contributed by atoms with E-state index in [4.69, 9.17) is 0 Å². The summed E-state index contributed by atoms with van der Waals surface area (Å²) in [4.78, 5) is 17.3. The van der Waals surface area contributed by atoms with Crippen molar-refractivity contribution in [3.8, 4) is 0 Å². The molecule has 0 radical (unpaired) electrons. The second kappa shape index (κ2) is 6.31. The fourth-order valence-corrected chi connectivity index (χ4v) is 3.68. The summed E-state index contributed by atoms with van der Waals surface area (Å²) in [5.74, 6) is 0.120. The fraction of sp³-hybridized carbons (Fsp3) is 0.667. The average Bonchev–Trinajstić information content (AvgIpc) is 3.10. The minimum atomic E-state index is 0.120. The largest absolute Gasteiger partial charge is 0.356 e. The highest BCUT2D eigenvalue weighted by Gasteiger charge is 2.26. The van der Waals surface area contributed by atoms with Crippen LogP contribution in [0.25, 0.3) is 0 Å². The van der Waals surface area contributed by atoms with E-state index in [1.165, 1.54) is 25.7 Å². The molecular formula is C15H22BrN3O. The van der Waals surface area contributed by atoms with Crippen molar-refractivity contribution in [2.24, 2.45) is 0 Å². The van der Waals surface area contributed by atoms with E-state index in [0.717, 1.165) is 36.4 Å². The first-order valence-electron chi connectivity index (χ1n) is 7.61. The van der Waals surface area contributed by atoms with Crippen LogP contribution in [-0.2, 0) is 0 Å². The molecule has 2 aliphatic rings. The van der Waals surface area contributed by atoms with Crippen LogP contribution >= 0.6 is 15.9 Å². The highest BCUT2D eigenvalue weighted by atomic mass is 79.9. The number of halogens is 1. The number of nitrogens with one attached hydrogen (secondary N) is 2. The van der Waals surface area contributed by atoms with Gasteiger partial charge < -0.3 is 15.2 Å². The first-order chi connectivity index (χ1) is 9.72. The number of carbonyl (C=O) groups excluding carboxylic acids is 1. The Bertz CT molecular complexity index is 459. The molecule has 1 aliphatic carbocycles. The lowest BCUT2D eigenvalue weighted by Gasteiger charge is -2.33. The third kappa shape index (κ3) is 3.26. The Hall–Kier alpha value is -0.810. The van der Waals surface area contributed by atoms with E-state index in [1.54, 1.807) is 0 Å². The quantitative estimate of drug-likeness (QED) is 0.889. The summed E-state index contributed by atoms with van der Waals surface area (Å²) in [6.07, 6.45) is 9.36. The van der Waals surface area contributed by atoms with E-state index >= 15 is 0 Å². The van der Waals surface area contributed by atoms with Gasteiger partial charge in [-0.1, -0.05) is 12.8 Å². The molecule has 1 saturated heterocycles. The topological polar surface area (TPSA) is 48.1 Å². The van der Waals surface area contributed by atoms with Gasteiger partial charge in [0.1, 0.15) is 5.69 Å². The lowest BCUT2D eigenvalue weighted by molar-refractivity contribution is 0.0696. The van der Waals surface area contributed by atoms with Crippen LogP contribution in [0.4, 0.5) is 0 Å². The number of hydrogen-bond donors (Lipinski definition) is 2. The van der Waals surface area contributed by atoms with E-state index in [0.29, 0.717) is 11.7 Å². The molecule has 0 atom stereocenters. The predicted molar refractivity (Wildman–Crippen MR) is 82.8 cm³/mol. The molecule has 1 aliphatic heterocycles. The summed E-state index contributed by atoms with van der Waals surface area (Å²) < 4.78 is 0.929. The summed E-state index contributed by atoms with van der Waals surface area (Å²) in [6, 6.07) is 3.17. The van der Waals surface area contributed by atoms with Gasteiger partial charge in [0.2, 0.25) is 0 Å². The normalized spacial score (nSPS) is 21.6. The van der Waals surface area contributed by atoms with Crippen LogP contribution in [0.2, 0.25) is 0 Å². The zero-order valence-corrected chi connectivity index (χ0v) is 13.3. The first kappa shape index (κ1) is 14.1. The Morgan fingerprint density at radius 1 is 1.20 bits per heavy atom. The molecule has 1 aromatic heterocycles. The number of aromatic nitrogens is 1. The van der Waals surface area contributed by atoms with Gasteiger partial charge in [-0.05, 0) is 47.7 Å². The third-order valence-electron chi connectivity index (χ3n) is 4.49. The highest BCUT2D eigenvalue weighted by Crippen LogP contribution is 2.21. The Kier molecular flexibility index (Phi) is 4.46. The number of rotatable bonds is 3. The van der Waals surface area contributed by atoms with Crippen molar-refractivity contribution in [3.05, 3.63) is 22.4 Å². The van der Waals surface area contributed by atoms with Gasteiger partial charge in [-0.3, -0.25) is 4.79 Å². The molecule has 0 aromatic carbocycles. The van der Waals surface area contributed by atoms with Gasteiger partial charge in [0.15, 0.2) is 0 Å². The first-order valence-corrected chi connectivity index (χ1v) is 8.41. The van der Waals surface area contributed by atoms with E-state index in [-0.39, 0.29) is 5.91 Å². The summed E-state index contributed by atoms with van der Waals surface area (Å²) in [7, 11) is 0. The molecule has 0 bridgehead atoms. The van der Waals surface area contributed by atoms with Crippen LogP contribution in [0, 0.1) is 0 Å². The maximum absolute atomic E-state index is 12.3. The summed E-state index contributed by atoms with van der Waals surface area (Å²) in [5.41, 5.74) is 0.680. The van der Waals surface area contributed by atoms with Gasteiger partial charge in [0, 0.05) is 35.8 Å². The second-order valence-corrected chi connectivity index (χ2v) is 6.86. The number of likely N-dealkylation sites (tertiary alicyclic amines) is 1. The molecule has 2 N–H and O–H groups in total. The maximum atomic E-state index is 12.3. The van der Waals surface area contributed by atoms with Gasteiger partial charge in [0.05, 0.1) is 0 Å². The number of carbonyl (C=O) groups is 1. The van der Waals surface area contributed by atoms with Crippen LogP contribution in [0.5, 0.6) is 0 Å². The second-order valence-electron chi connectivity index (χ2n) is 5.95. The molecule has 1 amide bonds. The molecule has 0 unspecified atom stereocenters. The minimum Gasteiger partial charge on any atom is -0.356 e. The van der Waals surface area contributed by atoms with Crippen LogP contribution in [0.1, 0.15) is 49.0 Å². The smallest absolute Gasteiger partial charge is 0.270 e. The SMILES string of the molecule is O=C(c1cc(Br)c[nH]1)N1CCC(NC2CCCC2)CC1. The van der Waals surface area contributed by atoms with Crippen molar-refractivity contribution < 1.29 is 4.79 Å². The number of hydrogen-bond acceptors (Lipinski definition) is 2.